The van der Waals surface area contributed by atoms with Crippen molar-refractivity contribution in [3.8, 4) is 5.75 Å². The van der Waals surface area contributed by atoms with E-state index in [9.17, 15) is 5.11 Å². The van der Waals surface area contributed by atoms with Gasteiger partial charge in [0.05, 0.1) is 25.0 Å². The molecule has 21 heavy (non-hydrogen) atoms. The minimum atomic E-state index is -0.502. The standard InChI is InChI=1S/C16H23NO3S/c1-19-14-11-17-6-2-13(14)15(18)12-3-7-20-16(10-12)4-8-21-9-5-16/h2,6,11-12,15,18H,3-5,7-10H2,1H3. The summed E-state index contributed by atoms with van der Waals surface area (Å²) in [7, 11) is 1.62. The van der Waals surface area contributed by atoms with Crippen molar-refractivity contribution in [1.82, 2.24) is 4.98 Å². The maximum atomic E-state index is 10.8. The maximum absolute atomic E-state index is 10.8. The van der Waals surface area contributed by atoms with Crippen molar-refractivity contribution in [2.45, 2.75) is 37.4 Å². The quantitative estimate of drug-likeness (QED) is 0.930. The number of rotatable bonds is 3. The third-order valence-corrected chi connectivity index (χ3v) is 5.72. The molecule has 116 valence electrons. The van der Waals surface area contributed by atoms with Crippen LogP contribution in [0.5, 0.6) is 5.75 Å². The van der Waals surface area contributed by atoms with Crippen molar-refractivity contribution in [3.63, 3.8) is 0 Å². The van der Waals surface area contributed by atoms with E-state index in [0.29, 0.717) is 5.75 Å². The third-order valence-electron chi connectivity index (χ3n) is 4.74. The van der Waals surface area contributed by atoms with Gasteiger partial charge in [-0.05, 0) is 49.2 Å². The van der Waals surface area contributed by atoms with Crippen LogP contribution in [0.15, 0.2) is 18.5 Å². The lowest BCUT2D eigenvalue weighted by molar-refractivity contribution is -0.121. The monoisotopic (exact) mass is 309 g/mol. The number of aliphatic hydroxyl groups excluding tert-OH is 1. The first-order valence-electron chi connectivity index (χ1n) is 7.62. The van der Waals surface area contributed by atoms with E-state index in [4.69, 9.17) is 9.47 Å². The number of hydrogen-bond donors (Lipinski definition) is 1. The molecule has 0 radical (unpaired) electrons. The van der Waals surface area contributed by atoms with Gasteiger partial charge in [-0.2, -0.15) is 11.8 Å². The van der Waals surface area contributed by atoms with E-state index in [1.807, 2.05) is 17.8 Å². The van der Waals surface area contributed by atoms with E-state index in [0.717, 1.165) is 37.9 Å². The van der Waals surface area contributed by atoms with Crippen molar-refractivity contribution >= 4 is 11.8 Å². The largest absolute Gasteiger partial charge is 0.495 e. The summed E-state index contributed by atoms with van der Waals surface area (Å²) in [5.74, 6) is 3.24. The van der Waals surface area contributed by atoms with Gasteiger partial charge < -0.3 is 14.6 Å². The van der Waals surface area contributed by atoms with Crippen LogP contribution in [0.25, 0.3) is 0 Å². The van der Waals surface area contributed by atoms with E-state index in [1.165, 1.54) is 11.5 Å². The fourth-order valence-electron chi connectivity index (χ4n) is 3.49. The Morgan fingerprint density at radius 1 is 1.48 bits per heavy atom. The summed E-state index contributed by atoms with van der Waals surface area (Å²) in [6.07, 6.45) is 6.95. The van der Waals surface area contributed by atoms with E-state index in [-0.39, 0.29) is 11.5 Å². The molecule has 1 N–H and O–H groups in total. The highest BCUT2D eigenvalue weighted by Crippen LogP contribution is 2.44. The molecule has 0 amide bonds. The summed E-state index contributed by atoms with van der Waals surface area (Å²) in [6, 6.07) is 1.86. The lowest BCUT2D eigenvalue weighted by Crippen LogP contribution is -2.44. The van der Waals surface area contributed by atoms with E-state index < -0.39 is 6.10 Å². The van der Waals surface area contributed by atoms with Crippen LogP contribution in [0, 0.1) is 5.92 Å². The highest BCUT2D eigenvalue weighted by atomic mass is 32.2. The van der Waals surface area contributed by atoms with Crippen molar-refractivity contribution in [2.24, 2.45) is 5.92 Å². The zero-order valence-electron chi connectivity index (χ0n) is 12.5. The molecule has 1 spiro atoms. The Morgan fingerprint density at radius 3 is 3.05 bits per heavy atom. The van der Waals surface area contributed by atoms with Crippen LogP contribution in [0.4, 0.5) is 0 Å². The Balaban J connectivity index is 1.76. The number of aromatic nitrogens is 1. The molecule has 4 nitrogen and oxygen atoms in total. The van der Waals surface area contributed by atoms with Crippen LogP contribution >= 0.6 is 11.8 Å². The number of nitrogens with zero attached hydrogens (tertiary/aromatic N) is 1. The summed E-state index contributed by atoms with van der Waals surface area (Å²) in [6.45, 7) is 0.750. The maximum Gasteiger partial charge on any atom is 0.142 e. The number of thioether (sulfide) groups is 1. The highest BCUT2D eigenvalue weighted by molar-refractivity contribution is 7.99. The minimum absolute atomic E-state index is 0.00455. The number of methoxy groups -OCH3 is 1. The molecule has 2 aliphatic rings. The van der Waals surface area contributed by atoms with Crippen molar-refractivity contribution in [2.75, 3.05) is 25.2 Å². The Hall–Kier alpha value is -0.780. The summed E-state index contributed by atoms with van der Waals surface area (Å²) >= 11 is 2.00. The molecule has 1 aromatic heterocycles. The molecule has 2 fully saturated rings. The Labute approximate surface area is 130 Å². The molecule has 2 unspecified atom stereocenters. The predicted octanol–water partition coefficient (Wildman–Crippen LogP) is 2.82. The summed E-state index contributed by atoms with van der Waals surface area (Å²) in [5, 5.41) is 10.8. The van der Waals surface area contributed by atoms with Gasteiger partial charge in [-0.3, -0.25) is 4.98 Å². The molecule has 0 bridgehead atoms. The minimum Gasteiger partial charge on any atom is -0.495 e. The van der Waals surface area contributed by atoms with Crippen LogP contribution in [-0.4, -0.2) is 40.9 Å². The average Bonchev–Trinajstić information content (AvgIpc) is 2.55. The summed E-state index contributed by atoms with van der Waals surface area (Å²) < 4.78 is 11.4. The molecule has 3 rings (SSSR count). The van der Waals surface area contributed by atoms with Gasteiger partial charge in [0.15, 0.2) is 0 Å². The molecular formula is C16H23NO3S. The third kappa shape index (κ3) is 3.20. The van der Waals surface area contributed by atoms with Gasteiger partial charge in [0, 0.05) is 18.4 Å². The smallest absolute Gasteiger partial charge is 0.142 e. The number of hydrogen-bond acceptors (Lipinski definition) is 5. The Bertz CT molecular complexity index is 471. The fraction of sp³-hybridized carbons (Fsp3) is 0.688. The Kier molecular flexibility index (Phi) is 4.72. The molecule has 0 saturated carbocycles. The highest BCUT2D eigenvalue weighted by Gasteiger charge is 2.41. The summed E-state index contributed by atoms with van der Waals surface area (Å²) in [5.41, 5.74) is 0.842. The van der Waals surface area contributed by atoms with E-state index in [1.54, 1.807) is 19.5 Å². The van der Waals surface area contributed by atoms with Crippen LogP contribution in [-0.2, 0) is 4.74 Å². The predicted molar refractivity (Wildman–Crippen MR) is 83.7 cm³/mol. The molecule has 3 heterocycles. The van der Waals surface area contributed by atoms with Gasteiger partial charge in [-0.25, -0.2) is 0 Å². The fourth-order valence-corrected chi connectivity index (χ4v) is 4.72. The first-order valence-corrected chi connectivity index (χ1v) is 8.77. The van der Waals surface area contributed by atoms with Gasteiger partial charge >= 0.3 is 0 Å². The van der Waals surface area contributed by atoms with Gasteiger partial charge in [0.25, 0.3) is 0 Å². The second-order valence-electron chi connectivity index (χ2n) is 5.96. The van der Waals surface area contributed by atoms with Crippen LogP contribution in [0.3, 0.4) is 0 Å². The summed E-state index contributed by atoms with van der Waals surface area (Å²) in [4.78, 5) is 4.06. The zero-order valence-corrected chi connectivity index (χ0v) is 13.3. The zero-order chi connectivity index (χ0) is 14.7. The van der Waals surface area contributed by atoms with Crippen molar-refractivity contribution in [3.05, 3.63) is 24.0 Å². The number of ether oxygens (including phenoxy) is 2. The first-order chi connectivity index (χ1) is 10.2. The van der Waals surface area contributed by atoms with Crippen LogP contribution in [0.2, 0.25) is 0 Å². The van der Waals surface area contributed by atoms with Gasteiger partial charge in [0.2, 0.25) is 0 Å². The molecule has 0 aliphatic carbocycles. The van der Waals surface area contributed by atoms with Crippen LogP contribution in [0.1, 0.15) is 37.4 Å². The molecule has 5 heteroatoms. The number of aliphatic hydroxyl groups is 1. The number of pyridine rings is 1. The second-order valence-corrected chi connectivity index (χ2v) is 7.18. The molecule has 2 atom stereocenters. The first kappa shape index (κ1) is 15.1. The second kappa shape index (κ2) is 6.55. The lowest BCUT2D eigenvalue weighted by Gasteiger charge is -2.44. The molecular weight excluding hydrogens is 286 g/mol. The van der Waals surface area contributed by atoms with Crippen molar-refractivity contribution in [1.29, 1.82) is 0 Å². The normalized spacial score (nSPS) is 26.5. The van der Waals surface area contributed by atoms with Gasteiger partial charge in [0.1, 0.15) is 5.75 Å². The van der Waals surface area contributed by atoms with Gasteiger partial charge in [-0.15, -0.1) is 0 Å². The van der Waals surface area contributed by atoms with Crippen LogP contribution < -0.4 is 4.74 Å². The average molecular weight is 309 g/mol. The molecule has 2 saturated heterocycles. The van der Waals surface area contributed by atoms with Gasteiger partial charge in [-0.1, -0.05) is 0 Å². The Morgan fingerprint density at radius 2 is 2.29 bits per heavy atom. The SMILES string of the molecule is COc1cnccc1C(O)C1CCOC2(CCSCC2)C1. The van der Waals surface area contributed by atoms with E-state index in [2.05, 4.69) is 4.98 Å². The molecule has 0 aromatic carbocycles. The molecule has 2 aliphatic heterocycles. The topological polar surface area (TPSA) is 51.6 Å². The van der Waals surface area contributed by atoms with Crippen molar-refractivity contribution < 1.29 is 14.6 Å². The lowest BCUT2D eigenvalue weighted by atomic mass is 9.78. The van der Waals surface area contributed by atoms with E-state index >= 15 is 0 Å². The molecule has 1 aromatic rings.